The van der Waals surface area contributed by atoms with Crippen molar-refractivity contribution in [3.05, 3.63) is 23.3 Å². The molecular formula is C13H19N3O2. The van der Waals surface area contributed by atoms with E-state index in [4.69, 9.17) is 5.84 Å². The largest absolute Gasteiger partial charge is 0.275 e. The van der Waals surface area contributed by atoms with Crippen LogP contribution in [0.15, 0.2) is 23.3 Å². The molecule has 0 aromatic rings. The summed E-state index contributed by atoms with van der Waals surface area (Å²) in [6, 6.07) is 0. The molecular weight excluding hydrogens is 230 g/mol. The van der Waals surface area contributed by atoms with Crippen molar-refractivity contribution in [3.8, 4) is 0 Å². The number of hydrazine groups is 1. The fourth-order valence-electron chi connectivity index (χ4n) is 2.36. The maximum Gasteiger partial charge on any atom is 0.261 e. The molecule has 0 aromatic heterocycles. The quantitative estimate of drug-likeness (QED) is 0.313. The van der Waals surface area contributed by atoms with Gasteiger partial charge in [0.25, 0.3) is 11.8 Å². The van der Waals surface area contributed by atoms with Gasteiger partial charge in [0.2, 0.25) is 0 Å². The van der Waals surface area contributed by atoms with Crippen molar-refractivity contribution in [1.82, 2.24) is 10.3 Å². The molecule has 2 aliphatic rings. The van der Waals surface area contributed by atoms with Crippen LogP contribution in [0.4, 0.5) is 0 Å². The molecule has 0 saturated heterocycles. The van der Waals surface area contributed by atoms with Crippen molar-refractivity contribution in [2.45, 2.75) is 32.1 Å². The first-order valence-corrected chi connectivity index (χ1v) is 6.45. The summed E-state index contributed by atoms with van der Waals surface area (Å²) in [6.45, 7) is 1.28. The van der Waals surface area contributed by atoms with Gasteiger partial charge >= 0.3 is 0 Å². The summed E-state index contributed by atoms with van der Waals surface area (Å²) in [6.07, 6.45) is 8.06. The second-order valence-electron chi connectivity index (χ2n) is 4.61. The van der Waals surface area contributed by atoms with E-state index in [0.29, 0.717) is 24.1 Å². The highest BCUT2D eigenvalue weighted by atomic mass is 16.2. The lowest BCUT2D eigenvalue weighted by Crippen LogP contribution is -2.32. The van der Waals surface area contributed by atoms with Crippen LogP contribution in [0.1, 0.15) is 32.1 Å². The van der Waals surface area contributed by atoms with Gasteiger partial charge in [0.1, 0.15) is 0 Å². The van der Waals surface area contributed by atoms with Gasteiger partial charge < -0.3 is 0 Å². The Morgan fingerprint density at radius 3 is 2.78 bits per heavy atom. The lowest BCUT2D eigenvalue weighted by molar-refractivity contribution is -0.137. The number of hydrogen-bond donors (Lipinski definition) is 2. The molecule has 0 aromatic carbocycles. The molecule has 18 heavy (non-hydrogen) atoms. The summed E-state index contributed by atoms with van der Waals surface area (Å²) in [7, 11) is 0. The van der Waals surface area contributed by atoms with E-state index in [-0.39, 0.29) is 11.8 Å². The highest BCUT2D eigenvalue weighted by Crippen LogP contribution is 2.29. The first-order valence-electron chi connectivity index (χ1n) is 6.45. The zero-order chi connectivity index (χ0) is 13.0. The van der Waals surface area contributed by atoms with E-state index in [1.807, 2.05) is 6.08 Å². The predicted molar refractivity (Wildman–Crippen MR) is 68.2 cm³/mol. The summed E-state index contributed by atoms with van der Waals surface area (Å²) in [5.74, 6) is 4.96. The zero-order valence-electron chi connectivity index (χ0n) is 10.4. The zero-order valence-corrected chi connectivity index (χ0v) is 10.4. The van der Waals surface area contributed by atoms with Crippen LogP contribution in [0, 0.1) is 0 Å². The molecule has 5 nitrogen and oxygen atoms in total. The molecule has 0 bridgehead atoms. The van der Waals surface area contributed by atoms with Crippen LogP contribution < -0.4 is 11.3 Å². The van der Waals surface area contributed by atoms with Crippen LogP contribution in [0.2, 0.25) is 0 Å². The molecule has 3 N–H and O–H groups in total. The van der Waals surface area contributed by atoms with E-state index < -0.39 is 0 Å². The molecule has 1 heterocycles. The SMILES string of the molecule is NNCCCCCN1C(=O)C2=C(CCC=C2)C1=O. The van der Waals surface area contributed by atoms with Crippen molar-refractivity contribution < 1.29 is 9.59 Å². The van der Waals surface area contributed by atoms with Gasteiger partial charge in [-0.1, -0.05) is 18.6 Å². The van der Waals surface area contributed by atoms with Crippen LogP contribution in [0.3, 0.4) is 0 Å². The van der Waals surface area contributed by atoms with E-state index in [2.05, 4.69) is 5.43 Å². The van der Waals surface area contributed by atoms with Crippen molar-refractivity contribution >= 4 is 11.8 Å². The third kappa shape index (κ3) is 2.52. The van der Waals surface area contributed by atoms with Crippen LogP contribution in [0.5, 0.6) is 0 Å². The summed E-state index contributed by atoms with van der Waals surface area (Å²) in [4.78, 5) is 25.5. The number of rotatable bonds is 6. The molecule has 98 valence electrons. The highest BCUT2D eigenvalue weighted by Gasteiger charge is 2.36. The molecule has 1 aliphatic carbocycles. The first-order chi connectivity index (χ1) is 8.75. The van der Waals surface area contributed by atoms with Crippen LogP contribution in [-0.4, -0.2) is 29.8 Å². The van der Waals surface area contributed by atoms with Crippen molar-refractivity contribution in [3.63, 3.8) is 0 Å². The Hall–Kier alpha value is -1.46. The van der Waals surface area contributed by atoms with Crippen LogP contribution >= 0.6 is 0 Å². The Labute approximate surface area is 107 Å². The average Bonchev–Trinajstić information content (AvgIpc) is 2.64. The van der Waals surface area contributed by atoms with Gasteiger partial charge in [0.05, 0.1) is 0 Å². The molecule has 0 atom stereocenters. The number of imide groups is 1. The minimum Gasteiger partial charge on any atom is -0.275 e. The van der Waals surface area contributed by atoms with Gasteiger partial charge in [-0.05, 0) is 25.7 Å². The number of allylic oxidation sites excluding steroid dienone is 1. The van der Waals surface area contributed by atoms with Crippen LogP contribution in [-0.2, 0) is 9.59 Å². The minimum absolute atomic E-state index is 0.0868. The first kappa shape index (κ1) is 13.0. The summed E-state index contributed by atoms with van der Waals surface area (Å²) >= 11 is 0. The number of nitrogens with zero attached hydrogens (tertiary/aromatic N) is 1. The van der Waals surface area contributed by atoms with E-state index in [9.17, 15) is 9.59 Å². The molecule has 0 spiro atoms. The van der Waals surface area contributed by atoms with Gasteiger partial charge in [-0.15, -0.1) is 0 Å². The monoisotopic (exact) mass is 249 g/mol. The fraction of sp³-hybridized carbons (Fsp3) is 0.538. The second kappa shape index (κ2) is 5.93. The molecule has 2 amide bonds. The van der Waals surface area contributed by atoms with Crippen LogP contribution in [0.25, 0.3) is 0 Å². The third-order valence-corrected chi connectivity index (χ3v) is 3.35. The van der Waals surface area contributed by atoms with Gasteiger partial charge in [-0.25, -0.2) is 0 Å². The Morgan fingerprint density at radius 2 is 2.06 bits per heavy atom. The van der Waals surface area contributed by atoms with E-state index in [1.165, 1.54) is 4.90 Å². The van der Waals surface area contributed by atoms with Gasteiger partial charge in [-0.3, -0.25) is 25.8 Å². The molecule has 0 unspecified atom stereocenters. The Morgan fingerprint density at radius 1 is 1.22 bits per heavy atom. The summed E-state index contributed by atoms with van der Waals surface area (Å²) in [5.41, 5.74) is 3.90. The van der Waals surface area contributed by atoms with Crippen molar-refractivity contribution in [1.29, 1.82) is 0 Å². The molecule has 0 saturated carbocycles. The number of carbonyl (C=O) groups is 2. The molecule has 0 radical (unpaired) electrons. The molecule has 1 aliphatic heterocycles. The Bertz CT molecular complexity index is 412. The highest BCUT2D eigenvalue weighted by molar-refractivity contribution is 6.20. The minimum atomic E-state index is -0.122. The van der Waals surface area contributed by atoms with E-state index >= 15 is 0 Å². The van der Waals surface area contributed by atoms with Gasteiger partial charge in [0.15, 0.2) is 0 Å². The molecule has 0 fully saturated rings. The maximum absolute atomic E-state index is 12.1. The number of unbranched alkanes of at least 4 members (excludes halogenated alkanes) is 2. The number of nitrogens with one attached hydrogen (secondary N) is 1. The number of amides is 2. The summed E-state index contributed by atoms with van der Waals surface area (Å²) < 4.78 is 0. The lowest BCUT2D eigenvalue weighted by atomic mass is 10.00. The van der Waals surface area contributed by atoms with E-state index in [1.54, 1.807) is 6.08 Å². The number of carbonyl (C=O) groups excluding carboxylic acids is 2. The Kier molecular flexibility index (Phi) is 4.28. The normalized spacial score (nSPS) is 18.8. The maximum atomic E-state index is 12.1. The standard InChI is InChI=1S/C13H19N3O2/c14-15-8-4-1-5-9-16-12(17)10-6-2-3-7-11(10)13(16)18/h2,6,15H,1,3-5,7-9,14H2. The Balaban J connectivity index is 1.87. The third-order valence-electron chi connectivity index (χ3n) is 3.35. The van der Waals surface area contributed by atoms with Crippen molar-refractivity contribution in [2.24, 2.45) is 5.84 Å². The van der Waals surface area contributed by atoms with Gasteiger partial charge in [-0.2, -0.15) is 0 Å². The molecule has 5 heteroatoms. The topological polar surface area (TPSA) is 75.4 Å². The van der Waals surface area contributed by atoms with Gasteiger partial charge in [0, 0.05) is 24.2 Å². The smallest absolute Gasteiger partial charge is 0.261 e. The fourth-order valence-corrected chi connectivity index (χ4v) is 2.36. The average molecular weight is 249 g/mol. The molecule has 2 rings (SSSR count). The lowest BCUT2D eigenvalue weighted by Gasteiger charge is -2.14. The number of hydrogen-bond acceptors (Lipinski definition) is 4. The van der Waals surface area contributed by atoms with E-state index in [0.717, 1.165) is 32.2 Å². The summed E-state index contributed by atoms with van der Waals surface area (Å²) in [5, 5.41) is 0. The van der Waals surface area contributed by atoms with Crippen molar-refractivity contribution in [2.75, 3.05) is 13.1 Å². The second-order valence-corrected chi connectivity index (χ2v) is 4.61. The number of nitrogens with two attached hydrogens (primary N) is 1. The predicted octanol–water partition coefficient (Wildman–Crippen LogP) is 0.635.